The van der Waals surface area contributed by atoms with Crippen molar-refractivity contribution >= 4 is 45.9 Å². The van der Waals surface area contributed by atoms with E-state index in [1.807, 2.05) is 0 Å². The van der Waals surface area contributed by atoms with Gasteiger partial charge in [0.05, 0.1) is 26.4 Å². The van der Waals surface area contributed by atoms with Gasteiger partial charge in [-0.15, -0.1) is 0 Å². The summed E-state index contributed by atoms with van der Waals surface area (Å²) in [5.41, 5.74) is 4.94. The van der Waals surface area contributed by atoms with Crippen molar-refractivity contribution in [2.24, 2.45) is 5.73 Å². The minimum absolute atomic E-state index is 0.106. The SMILES string of the molecule is NCCOCCOCCNC(=O)c1cc2cc(N3CCC(O)(C(=O)NCc4cc(F)cc(Cl)c4)C3=O)ccc2[nH]1. The van der Waals surface area contributed by atoms with Crippen LogP contribution < -0.4 is 21.3 Å². The molecule has 11 nitrogen and oxygen atoms in total. The quantitative estimate of drug-likeness (QED) is 0.152. The molecular weight excluding hydrogens is 545 g/mol. The van der Waals surface area contributed by atoms with E-state index in [4.69, 9.17) is 26.8 Å². The molecule has 0 bridgehead atoms. The van der Waals surface area contributed by atoms with Crippen molar-refractivity contribution in [3.63, 3.8) is 0 Å². The molecule has 3 aromatic rings. The van der Waals surface area contributed by atoms with Crippen molar-refractivity contribution in [3.05, 3.63) is 64.6 Å². The van der Waals surface area contributed by atoms with E-state index in [1.54, 1.807) is 24.3 Å². The number of H-pyrrole nitrogens is 1. The molecule has 40 heavy (non-hydrogen) atoms. The molecule has 2 heterocycles. The summed E-state index contributed by atoms with van der Waals surface area (Å²) in [4.78, 5) is 42.8. The van der Waals surface area contributed by atoms with Gasteiger partial charge in [0.25, 0.3) is 17.7 Å². The highest BCUT2D eigenvalue weighted by molar-refractivity contribution is 6.30. The van der Waals surface area contributed by atoms with Crippen LogP contribution in [0.25, 0.3) is 10.9 Å². The van der Waals surface area contributed by atoms with Crippen LogP contribution >= 0.6 is 11.6 Å². The number of carbonyl (C=O) groups is 3. The molecule has 3 amide bonds. The molecule has 0 radical (unpaired) electrons. The summed E-state index contributed by atoms with van der Waals surface area (Å²) in [6, 6.07) is 10.5. The van der Waals surface area contributed by atoms with E-state index in [2.05, 4.69) is 15.6 Å². The molecule has 214 valence electrons. The Morgan fingerprint density at radius 2 is 1.88 bits per heavy atom. The number of aromatic nitrogens is 1. The molecule has 1 aromatic heterocycles. The van der Waals surface area contributed by atoms with E-state index in [0.29, 0.717) is 67.4 Å². The number of carbonyl (C=O) groups excluding carboxylic acids is 3. The fraction of sp³-hybridized carbons (Fsp3) is 0.370. The van der Waals surface area contributed by atoms with Crippen LogP contribution in [-0.4, -0.2) is 79.5 Å². The van der Waals surface area contributed by atoms with Gasteiger partial charge in [0, 0.05) is 54.2 Å². The number of anilines is 1. The lowest BCUT2D eigenvalue weighted by molar-refractivity contribution is -0.149. The summed E-state index contributed by atoms with van der Waals surface area (Å²) in [5, 5.41) is 17.0. The van der Waals surface area contributed by atoms with Gasteiger partial charge < -0.3 is 40.8 Å². The molecule has 6 N–H and O–H groups in total. The van der Waals surface area contributed by atoms with Crippen LogP contribution in [0.4, 0.5) is 10.1 Å². The average molecular weight is 576 g/mol. The van der Waals surface area contributed by atoms with Crippen LogP contribution in [0, 0.1) is 5.82 Å². The zero-order chi connectivity index (χ0) is 28.7. The zero-order valence-corrected chi connectivity index (χ0v) is 22.4. The Balaban J connectivity index is 1.33. The normalized spacial score (nSPS) is 17.0. The number of hydrogen-bond acceptors (Lipinski definition) is 7. The fourth-order valence-corrected chi connectivity index (χ4v) is 4.60. The number of aliphatic hydroxyl groups is 1. The highest BCUT2D eigenvalue weighted by atomic mass is 35.5. The molecule has 0 aliphatic carbocycles. The highest BCUT2D eigenvalue weighted by Crippen LogP contribution is 2.31. The Bertz CT molecular complexity index is 1360. The molecular formula is C27H31ClFN5O6. The molecule has 1 saturated heterocycles. The van der Waals surface area contributed by atoms with Crippen LogP contribution in [0.5, 0.6) is 0 Å². The second kappa shape index (κ2) is 13.2. The third-order valence-corrected chi connectivity index (χ3v) is 6.59. The van der Waals surface area contributed by atoms with Gasteiger partial charge in [-0.05, 0) is 48.0 Å². The maximum absolute atomic E-state index is 13.6. The Morgan fingerprint density at radius 1 is 1.10 bits per heavy atom. The Kier molecular flexibility index (Phi) is 9.71. The molecule has 4 rings (SSSR count). The number of nitrogens with one attached hydrogen (secondary N) is 3. The number of fused-ring (bicyclic) bond motifs is 1. The first-order chi connectivity index (χ1) is 19.2. The van der Waals surface area contributed by atoms with Gasteiger partial charge in [-0.1, -0.05) is 11.6 Å². The van der Waals surface area contributed by atoms with Gasteiger partial charge in [-0.3, -0.25) is 14.4 Å². The van der Waals surface area contributed by atoms with E-state index >= 15 is 0 Å². The topological polar surface area (TPSA) is 159 Å². The van der Waals surface area contributed by atoms with Gasteiger partial charge >= 0.3 is 0 Å². The van der Waals surface area contributed by atoms with Gasteiger partial charge in [-0.25, -0.2) is 4.39 Å². The zero-order valence-electron chi connectivity index (χ0n) is 21.7. The number of aromatic amines is 1. The van der Waals surface area contributed by atoms with Crippen molar-refractivity contribution in [1.29, 1.82) is 0 Å². The van der Waals surface area contributed by atoms with Crippen LogP contribution in [0.2, 0.25) is 5.02 Å². The maximum Gasteiger partial charge on any atom is 0.268 e. The van der Waals surface area contributed by atoms with Crippen molar-refractivity contribution < 1.29 is 33.4 Å². The number of amides is 3. The third-order valence-electron chi connectivity index (χ3n) is 6.37. The van der Waals surface area contributed by atoms with Gasteiger partial charge in [0.2, 0.25) is 5.60 Å². The average Bonchev–Trinajstić information content (AvgIpc) is 3.49. The van der Waals surface area contributed by atoms with Crippen LogP contribution in [0.3, 0.4) is 0 Å². The molecule has 0 saturated carbocycles. The Labute approximate surface area is 234 Å². The monoisotopic (exact) mass is 575 g/mol. The van der Waals surface area contributed by atoms with Gasteiger partial charge in [0.15, 0.2) is 0 Å². The van der Waals surface area contributed by atoms with E-state index in [9.17, 15) is 23.9 Å². The predicted molar refractivity (Wildman–Crippen MR) is 147 cm³/mol. The van der Waals surface area contributed by atoms with E-state index < -0.39 is 23.2 Å². The minimum Gasteiger partial charge on any atom is -0.378 e. The number of rotatable bonds is 13. The van der Waals surface area contributed by atoms with Gasteiger partial charge in [0.1, 0.15) is 11.5 Å². The summed E-state index contributed by atoms with van der Waals surface area (Å²) in [6.45, 7) is 2.39. The lowest BCUT2D eigenvalue weighted by atomic mass is 10.0. The summed E-state index contributed by atoms with van der Waals surface area (Å²) >= 11 is 5.84. The van der Waals surface area contributed by atoms with E-state index in [0.717, 1.165) is 6.07 Å². The lowest BCUT2D eigenvalue weighted by Gasteiger charge is -2.22. The molecule has 1 unspecified atom stereocenters. The first-order valence-corrected chi connectivity index (χ1v) is 13.1. The fourth-order valence-electron chi connectivity index (χ4n) is 4.35. The van der Waals surface area contributed by atoms with E-state index in [1.165, 1.54) is 17.0 Å². The number of ether oxygens (including phenoxy) is 2. The van der Waals surface area contributed by atoms with Crippen molar-refractivity contribution in [3.8, 4) is 0 Å². The minimum atomic E-state index is -2.27. The number of nitrogens with zero attached hydrogens (tertiary/aromatic N) is 1. The van der Waals surface area contributed by atoms with Crippen LogP contribution in [-0.2, 0) is 25.6 Å². The molecule has 13 heteroatoms. The molecule has 2 aromatic carbocycles. The molecule has 1 atom stereocenters. The lowest BCUT2D eigenvalue weighted by Crippen LogP contribution is -2.52. The largest absolute Gasteiger partial charge is 0.378 e. The Hall–Kier alpha value is -3.55. The molecule has 1 fully saturated rings. The smallest absolute Gasteiger partial charge is 0.268 e. The number of halogens is 2. The molecule has 1 aliphatic heterocycles. The van der Waals surface area contributed by atoms with Crippen molar-refractivity contribution in [2.45, 2.75) is 18.6 Å². The number of hydrogen-bond donors (Lipinski definition) is 5. The van der Waals surface area contributed by atoms with Crippen molar-refractivity contribution in [2.75, 3.05) is 51.0 Å². The van der Waals surface area contributed by atoms with Crippen LogP contribution in [0.1, 0.15) is 22.5 Å². The second-order valence-electron chi connectivity index (χ2n) is 9.25. The summed E-state index contributed by atoms with van der Waals surface area (Å²) in [5.74, 6) is -2.53. The van der Waals surface area contributed by atoms with E-state index in [-0.39, 0.29) is 30.4 Å². The highest BCUT2D eigenvalue weighted by Gasteiger charge is 2.51. The first kappa shape index (κ1) is 29.4. The number of nitrogens with two attached hydrogens (primary N) is 1. The summed E-state index contributed by atoms with van der Waals surface area (Å²) in [6.07, 6.45) is -0.123. The predicted octanol–water partition coefficient (Wildman–Crippen LogP) is 1.47. The summed E-state index contributed by atoms with van der Waals surface area (Å²) < 4.78 is 24.2. The second-order valence-corrected chi connectivity index (χ2v) is 9.69. The maximum atomic E-state index is 13.6. The summed E-state index contributed by atoms with van der Waals surface area (Å²) in [7, 11) is 0. The van der Waals surface area contributed by atoms with Gasteiger partial charge in [-0.2, -0.15) is 0 Å². The first-order valence-electron chi connectivity index (χ1n) is 12.8. The van der Waals surface area contributed by atoms with Crippen molar-refractivity contribution in [1.82, 2.24) is 15.6 Å². The third kappa shape index (κ3) is 6.95. The number of benzene rings is 2. The Morgan fingerprint density at radius 3 is 2.62 bits per heavy atom. The van der Waals surface area contributed by atoms with Crippen LogP contribution in [0.15, 0.2) is 42.5 Å². The molecule has 0 spiro atoms. The standard InChI is InChI=1S/C27H31ClFN5O6/c28-19-11-17(12-20(29)15-19)16-32-25(36)27(38)3-6-34(26(27)37)21-1-2-22-18(13-21)14-23(33-22)24(35)31-5-8-40-10-9-39-7-4-30/h1-2,11-15,33,38H,3-10,16,30H2,(H,31,35)(H,32,36). The molecule has 1 aliphatic rings.